The van der Waals surface area contributed by atoms with Crippen LogP contribution >= 0.6 is 0 Å². The molecule has 0 bridgehead atoms. The zero-order valence-corrected chi connectivity index (χ0v) is 11.8. The van der Waals surface area contributed by atoms with E-state index in [1.54, 1.807) is 0 Å². The normalized spacial score (nSPS) is 29.4. The van der Waals surface area contributed by atoms with Crippen molar-refractivity contribution < 1.29 is 4.79 Å². The molecule has 1 saturated carbocycles. The molecule has 17 heavy (non-hydrogen) atoms. The van der Waals surface area contributed by atoms with Gasteiger partial charge in [-0.25, -0.2) is 0 Å². The van der Waals surface area contributed by atoms with E-state index in [9.17, 15) is 4.79 Å². The highest BCUT2D eigenvalue weighted by Gasteiger charge is 2.34. The second kappa shape index (κ2) is 6.39. The molecule has 0 aromatic heterocycles. The average Bonchev–Trinajstić information content (AvgIpc) is 2.32. The van der Waals surface area contributed by atoms with Gasteiger partial charge in [-0.1, -0.05) is 20.8 Å². The van der Waals surface area contributed by atoms with Gasteiger partial charge < -0.3 is 10.6 Å². The van der Waals surface area contributed by atoms with Gasteiger partial charge in [0.2, 0.25) is 5.91 Å². The van der Waals surface area contributed by atoms with E-state index < -0.39 is 0 Å². The summed E-state index contributed by atoms with van der Waals surface area (Å²) in [7, 11) is 1.94. The smallest absolute Gasteiger partial charge is 0.227 e. The molecule has 0 aliphatic heterocycles. The maximum absolute atomic E-state index is 12.5. The molecule has 1 amide bonds. The molecule has 100 valence electrons. The van der Waals surface area contributed by atoms with Crippen LogP contribution < -0.4 is 5.73 Å². The van der Waals surface area contributed by atoms with E-state index in [-0.39, 0.29) is 17.9 Å². The van der Waals surface area contributed by atoms with Gasteiger partial charge in [0, 0.05) is 19.1 Å². The van der Waals surface area contributed by atoms with Gasteiger partial charge >= 0.3 is 0 Å². The highest BCUT2D eigenvalue weighted by atomic mass is 16.2. The SMILES string of the molecule is CCC(CC)N(C)C(=O)C1CC(C)CCC1N. The minimum absolute atomic E-state index is 0.0457. The first-order valence-electron chi connectivity index (χ1n) is 7.03. The quantitative estimate of drug-likeness (QED) is 0.820. The van der Waals surface area contributed by atoms with Crippen molar-refractivity contribution in [3.63, 3.8) is 0 Å². The first-order chi connectivity index (χ1) is 8.01. The van der Waals surface area contributed by atoms with E-state index in [2.05, 4.69) is 20.8 Å². The van der Waals surface area contributed by atoms with Crippen molar-refractivity contribution in [2.45, 2.75) is 65.0 Å². The van der Waals surface area contributed by atoms with E-state index in [1.165, 1.54) is 6.42 Å². The summed E-state index contributed by atoms with van der Waals surface area (Å²) in [6.45, 7) is 6.51. The Labute approximate surface area is 106 Å². The fraction of sp³-hybridized carbons (Fsp3) is 0.929. The Morgan fingerprint density at radius 1 is 1.35 bits per heavy atom. The second-order valence-electron chi connectivity index (χ2n) is 5.61. The largest absolute Gasteiger partial charge is 0.343 e. The van der Waals surface area contributed by atoms with Gasteiger partial charge in [0.25, 0.3) is 0 Å². The Morgan fingerprint density at radius 2 is 1.94 bits per heavy atom. The van der Waals surface area contributed by atoms with Crippen molar-refractivity contribution in [1.82, 2.24) is 4.90 Å². The molecule has 1 rings (SSSR count). The van der Waals surface area contributed by atoms with E-state index in [0.29, 0.717) is 12.0 Å². The number of hydrogen-bond acceptors (Lipinski definition) is 2. The molecule has 3 nitrogen and oxygen atoms in total. The molecule has 0 aromatic carbocycles. The Balaban J connectivity index is 2.66. The number of rotatable bonds is 4. The first-order valence-corrected chi connectivity index (χ1v) is 7.03. The molecule has 0 spiro atoms. The van der Waals surface area contributed by atoms with Gasteiger partial charge in [-0.2, -0.15) is 0 Å². The number of carbonyl (C=O) groups is 1. The highest BCUT2D eigenvalue weighted by Crippen LogP contribution is 2.29. The van der Waals surface area contributed by atoms with Crippen molar-refractivity contribution in [1.29, 1.82) is 0 Å². The van der Waals surface area contributed by atoms with Gasteiger partial charge in [-0.15, -0.1) is 0 Å². The third-order valence-electron chi connectivity index (χ3n) is 4.32. The van der Waals surface area contributed by atoms with Crippen LogP contribution in [0.1, 0.15) is 52.9 Å². The lowest BCUT2D eigenvalue weighted by molar-refractivity contribution is -0.138. The fourth-order valence-electron chi connectivity index (χ4n) is 2.97. The number of amides is 1. The first kappa shape index (κ1) is 14.5. The minimum Gasteiger partial charge on any atom is -0.343 e. The van der Waals surface area contributed by atoms with Crippen LogP contribution in [-0.2, 0) is 4.79 Å². The predicted molar refractivity (Wildman–Crippen MR) is 71.6 cm³/mol. The Kier molecular flexibility index (Phi) is 5.44. The molecular weight excluding hydrogens is 212 g/mol. The molecule has 1 fully saturated rings. The lowest BCUT2D eigenvalue weighted by atomic mass is 9.78. The number of hydrogen-bond donors (Lipinski definition) is 1. The summed E-state index contributed by atoms with van der Waals surface area (Å²) in [5.41, 5.74) is 6.12. The standard InChI is InChI=1S/C14H28N2O/c1-5-11(6-2)16(4)14(17)12-9-10(3)7-8-13(12)15/h10-13H,5-9,15H2,1-4H3. The van der Waals surface area contributed by atoms with Crippen molar-refractivity contribution in [2.24, 2.45) is 17.6 Å². The zero-order valence-electron chi connectivity index (χ0n) is 11.8. The van der Waals surface area contributed by atoms with Crippen LogP contribution in [-0.4, -0.2) is 29.9 Å². The highest BCUT2D eigenvalue weighted by molar-refractivity contribution is 5.79. The molecule has 0 aromatic rings. The lowest BCUT2D eigenvalue weighted by Crippen LogP contribution is -2.48. The molecule has 1 aliphatic rings. The fourth-order valence-corrected chi connectivity index (χ4v) is 2.97. The number of nitrogens with two attached hydrogens (primary N) is 1. The summed E-state index contributed by atoms with van der Waals surface area (Å²) in [5.74, 6) is 0.945. The molecule has 3 heteroatoms. The van der Waals surface area contributed by atoms with Gasteiger partial charge in [0.15, 0.2) is 0 Å². The third kappa shape index (κ3) is 3.44. The van der Waals surface area contributed by atoms with E-state index >= 15 is 0 Å². The molecule has 0 radical (unpaired) electrons. The second-order valence-corrected chi connectivity index (χ2v) is 5.61. The van der Waals surface area contributed by atoms with E-state index in [4.69, 9.17) is 5.73 Å². The molecule has 0 saturated heterocycles. The van der Waals surface area contributed by atoms with E-state index in [1.807, 2.05) is 11.9 Å². The topological polar surface area (TPSA) is 46.3 Å². The van der Waals surface area contributed by atoms with Crippen molar-refractivity contribution in [3.05, 3.63) is 0 Å². The van der Waals surface area contributed by atoms with E-state index in [0.717, 1.165) is 25.7 Å². The van der Waals surface area contributed by atoms with Crippen LogP contribution in [0.4, 0.5) is 0 Å². The minimum atomic E-state index is 0.0457. The molecular formula is C14H28N2O. The maximum atomic E-state index is 12.5. The molecule has 3 unspecified atom stereocenters. The zero-order chi connectivity index (χ0) is 13.0. The molecule has 1 aliphatic carbocycles. The summed E-state index contributed by atoms with van der Waals surface area (Å²) < 4.78 is 0. The van der Waals surface area contributed by atoms with Crippen LogP contribution in [0.3, 0.4) is 0 Å². The van der Waals surface area contributed by atoms with Crippen molar-refractivity contribution in [3.8, 4) is 0 Å². The summed E-state index contributed by atoms with van der Waals surface area (Å²) in [6, 6.07) is 0.433. The Hall–Kier alpha value is -0.570. The molecule has 3 atom stereocenters. The van der Waals surface area contributed by atoms with Crippen LogP contribution in [0.2, 0.25) is 0 Å². The van der Waals surface area contributed by atoms with Crippen LogP contribution in [0.25, 0.3) is 0 Å². The predicted octanol–water partition coefficient (Wildman–Crippen LogP) is 2.40. The van der Waals surface area contributed by atoms with Crippen LogP contribution in [0, 0.1) is 11.8 Å². The lowest BCUT2D eigenvalue weighted by Gasteiger charge is -2.36. The van der Waals surface area contributed by atoms with Crippen molar-refractivity contribution >= 4 is 5.91 Å². The molecule has 2 N–H and O–H groups in total. The maximum Gasteiger partial charge on any atom is 0.227 e. The number of carbonyl (C=O) groups excluding carboxylic acids is 1. The Bertz CT molecular complexity index is 251. The summed E-state index contributed by atoms with van der Waals surface area (Å²) in [6.07, 6.45) is 5.17. The number of nitrogens with zero attached hydrogens (tertiary/aromatic N) is 1. The van der Waals surface area contributed by atoms with Gasteiger partial charge in [0.1, 0.15) is 0 Å². The van der Waals surface area contributed by atoms with Gasteiger partial charge in [-0.05, 0) is 38.0 Å². The Morgan fingerprint density at radius 3 is 2.47 bits per heavy atom. The molecule has 0 heterocycles. The summed E-state index contributed by atoms with van der Waals surface area (Å²) >= 11 is 0. The monoisotopic (exact) mass is 240 g/mol. The average molecular weight is 240 g/mol. The summed E-state index contributed by atoms with van der Waals surface area (Å²) in [5, 5.41) is 0. The van der Waals surface area contributed by atoms with Gasteiger partial charge in [0.05, 0.1) is 5.92 Å². The van der Waals surface area contributed by atoms with Crippen LogP contribution in [0.15, 0.2) is 0 Å². The third-order valence-corrected chi connectivity index (χ3v) is 4.32. The van der Waals surface area contributed by atoms with Crippen molar-refractivity contribution in [2.75, 3.05) is 7.05 Å². The summed E-state index contributed by atoms with van der Waals surface area (Å²) in [4.78, 5) is 14.4. The van der Waals surface area contributed by atoms with Crippen LogP contribution in [0.5, 0.6) is 0 Å². The van der Waals surface area contributed by atoms with Gasteiger partial charge in [-0.3, -0.25) is 4.79 Å².